The van der Waals surface area contributed by atoms with Gasteiger partial charge >= 0.3 is 0 Å². The summed E-state index contributed by atoms with van der Waals surface area (Å²) < 4.78 is 21.9. The van der Waals surface area contributed by atoms with Crippen molar-refractivity contribution in [1.29, 1.82) is 0 Å². The zero-order valence-electron chi connectivity index (χ0n) is 17.9. The Morgan fingerprint density at radius 1 is 1.09 bits per heavy atom. The summed E-state index contributed by atoms with van der Waals surface area (Å²) in [5.74, 6) is 0.108. The predicted octanol–water partition coefficient (Wildman–Crippen LogP) is 6.04. The van der Waals surface area contributed by atoms with Gasteiger partial charge in [-0.1, -0.05) is 60.7 Å². The van der Waals surface area contributed by atoms with Crippen LogP contribution in [0.2, 0.25) is 0 Å². The third-order valence-electron chi connectivity index (χ3n) is 5.44. The third kappa shape index (κ3) is 4.42. The van der Waals surface area contributed by atoms with E-state index in [4.69, 9.17) is 4.74 Å². The number of nitrogens with zero attached hydrogens (tertiary/aromatic N) is 1. The van der Waals surface area contributed by atoms with Gasteiger partial charge in [0.25, 0.3) is 5.91 Å². The number of carbonyl (C=O) groups is 1. The van der Waals surface area contributed by atoms with Crippen molar-refractivity contribution in [3.8, 4) is 5.75 Å². The van der Waals surface area contributed by atoms with Gasteiger partial charge in [-0.15, -0.1) is 6.58 Å². The largest absolute Gasteiger partial charge is 0.488 e. The molecule has 0 aliphatic heterocycles. The quantitative estimate of drug-likeness (QED) is 0.348. The molecule has 1 heterocycles. The molecule has 0 aliphatic rings. The van der Waals surface area contributed by atoms with Gasteiger partial charge in [0.2, 0.25) is 0 Å². The Morgan fingerprint density at radius 3 is 2.59 bits per heavy atom. The topological polar surface area (TPSA) is 43.3 Å². The predicted molar refractivity (Wildman–Crippen MR) is 125 cm³/mol. The van der Waals surface area contributed by atoms with E-state index >= 15 is 0 Å². The lowest BCUT2D eigenvalue weighted by atomic mass is 10.1. The maximum absolute atomic E-state index is 14.0. The monoisotopic (exact) mass is 428 g/mol. The van der Waals surface area contributed by atoms with Crippen molar-refractivity contribution >= 4 is 16.8 Å². The van der Waals surface area contributed by atoms with Crippen molar-refractivity contribution in [2.45, 2.75) is 26.1 Å². The number of hydrogen-bond acceptors (Lipinski definition) is 2. The molecule has 1 unspecified atom stereocenters. The standard InChI is InChI=1S/C27H25FN2O2/c1-3-16-30-24-14-9-15-26(32-18-21-12-7-8-13-23(21)28)22(24)17-25(30)27(31)29-19(2)20-10-5-4-6-11-20/h3-15,17,19H,1,16,18H2,2H3,(H,29,31). The summed E-state index contributed by atoms with van der Waals surface area (Å²) in [6.07, 6.45) is 1.75. The zero-order chi connectivity index (χ0) is 22.5. The van der Waals surface area contributed by atoms with Gasteiger partial charge in [-0.05, 0) is 36.8 Å². The van der Waals surface area contributed by atoms with Gasteiger partial charge in [-0.25, -0.2) is 4.39 Å². The number of benzene rings is 3. The zero-order valence-corrected chi connectivity index (χ0v) is 17.9. The molecule has 0 radical (unpaired) electrons. The van der Waals surface area contributed by atoms with E-state index in [2.05, 4.69) is 11.9 Å². The van der Waals surface area contributed by atoms with E-state index in [0.717, 1.165) is 16.5 Å². The smallest absolute Gasteiger partial charge is 0.268 e. The molecule has 1 atom stereocenters. The minimum Gasteiger partial charge on any atom is -0.488 e. The van der Waals surface area contributed by atoms with Gasteiger partial charge in [0.05, 0.1) is 11.6 Å². The molecule has 4 aromatic rings. The normalized spacial score (nSPS) is 11.8. The molecular weight excluding hydrogens is 403 g/mol. The fourth-order valence-corrected chi connectivity index (χ4v) is 3.76. The second-order valence-corrected chi connectivity index (χ2v) is 7.60. The number of fused-ring (bicyclic) bond motifs is 1. The Morgan fingerprint density at radius 2 is 1.84 bits per heavy atom. The number of amides is 1. The molecule has 3 aromatic carbocycles. The summed E-state index contributed by atoms with van der Waals surface area (Å²) in [4.78, 5) is 13.2. The van der Waals surface area contributed by atoms with Crippen LogP contribution in [0.15, 0.2) is 91.5 Å². The van der Waals surface area contributed by atoms with Gasteiger partial charge in [0.1, 0.15) is 23.9 Å². The number of ether oxygens (including phenoxy) is 1. The van der Waals surface area contributed by atoms with Gasteiger partial charge in [0.15, 0.2) is 0 Å². The van der Waals surface area contributed by atoms with Crippen LogP contribution in [0.1, 0.15) is 34.6 Å². The molecule has 0 spiro atoms. The average molecular weight is 429 g/mol. The molecule has 0 fully saturated rings. The lowest BCUT2D eigenvalue weighted by Crippen LogP contribution is -2.28. The highest BCUT2D eigenvalue weighted by Crippen LogP contribution is 2.30. The molecule has 32 heavy (non-hydrogen) atoms. The van der Waals surface area contributed by atoms with Crippen LogP contribution in [-0.2, 0) is 13.2 Å². The van der Waals surface area contributed by atoms with Crippen LogP contribution in [0.25, 0.3) is 10.9 Å². The molecule has 1 aromatic heterocycles. The first-order valence-electron chi connectivity index (χ1n) is 10.5. The number of aromatic nitrogens is 1. The molecule has 1 N–H and O–H groups in total. The van der Waals surface area contributed by atoms with Crippen LogP contribution in [0, 0.1) is 5.82 Å². The lowest BCUT2D eigenvalue weighted by molar-refractivity contribution is 0.0931. The summed E-state index contributed by atoms with van der Waals surface area (Å²) in [6, 6.07) is 23.7. The second-order valence-electron chi connectivity index (χ2n) is 7.60. The summed E-state index contributed by atoms with van der Waals surface area (Å²) in [7, 11) is 0. The van der Waals surface area contributed by atoms with Gasteiger partial charge in [-0.3, -0.25) is 4.79 Å². The number of allylic oxidation sites excluding steroid dienone is 1. The maximum atomic E-state index is 14.0. The first-order chi connectivity index (χ1) is 15.6. The van der Waals surface area contributed by atoms with Gasteiger partial charge in [0, 0.05) is 17.5 Å². The van der Waals surface area contributed by atoms with E-state index in [9.17, 15) is 9.18 Å². The van der Waals surface area contributed by atoms with Crippen LogP contribution in [0.3, 0.4) is 0 Å². The molecule has 0 bridgehead atoms. The van der Waals surface area contributed by atoms with E-state index in [1.165, 1.54) is 6.07 Å². The molecule has 0 saturated carbocycles. The number of hydrogen-bond donors (Lipinski definition) is 1. The lowest BCUT2D eigenvalue weighted by Gasteiger charge is -2.15. The number of halogens is 1. The van der Waals surface area contributed by atoms with E-state index in [1.54, 1.807) is 24.3 Å². The Balaban J connectivity index is 1.64. The summed E-state index contributed by atoms with van der Waals surface area (Å²) in [6.45, 7) is 6.37. The molecule has 0 saturated heterocycles. The fourth-order valence-electron chi connectivity index (χ4n) is 3.76. The van der Waals surface area contributed by atoms with E-state index in [0.29, 0.717) is 23.6 Å². The highest BCUT2D eigenvalue weighted by atomic mass is 19.1. The third-order valence-corrected chi connectivity index (χ3v) is 5.44. The van der Waals surface area contributed by atoms with Crippen LogP contribution in [-0.4, -0.2) is 10.5 Å². The minimum atomic E-state index is -0.307. The fraction of sp³-hybridized carbons (Fsp3) is 0.148. The van der Waals surface area contributed by atoms with Crippen molar-refractivity contribution in [2.24, 2.45) is 0 Å². The maximum Gasteiger partial charge on any atom is 0.268 e. The van der Waals surface area contributed by atoms with Gasteiger partial charge < -0.3 is 14.6 Å². The summed E-state index contributed by atoms with van der Waals surface area (Å²) >= 11 is 0. The van der Waals surface area contributed by atoms with Crippen molar-refractivity contribution in [1.82, 2.24) is 9.88 Å². The Kier molecular flexibility index (Phi) is 6.36. The van der Waals surface area contributed by atoms with E-state index in [1.807, 2.05) is 66.1 Å². The second kappa shape index (κ2) is 9.52. The molecule has 5 heteroatoms. The van der Waals surface area contributed by atoms with Crippen LogP contribution >= 0.6 is 0 Å². The van der Waals surface area contributed by atoms with E-state index < -0.39 is 0 Å². The van der Waals surface area contributed by atoms with Crippen LogP contribution in [0.4, 0.5) is 4.39 Å². The molecule has 0 aliphatic carbocycles. The van der Waals surface area contributed by atoms with Crippen molar-refractivity contribution in [3.05, 3.63) is 114 Å². The molecule has 4 nitrogen and oxygen atoms in total. The minimum absolute atomic E-state index is 0.102. The molecule has 4 rings (SSSR count). The number of carbonyl (C=O) groups excluding carboxylic acids is 1. The molecule has 162 valence electrons. The SMILES string of the molecule is C=CCn1c(C(=O)NC(C)c2ccccc2)cc2c(OCc3ccccc3F)cccc21. The summed E-state index contributed by atoms with van der Waals surface area (Å²) in [5, 5.41) is 3.87. The Bertz CT molecular complexity index is 1250. The Hall–Kier alpha value is -3.86. The highest BCUT2D eigenvalue weighted by molar-refractivity contribution is 6.00. The first-order valence-corrected chi connectivity index (χ1v) is 10.5. The van der Waals surface area contributed by atoms with Crippen LogP contribution in [0.5, 0.6) is 5.75 Å². The Labute approximate surface area is 187 Å². The number of nitrogens with one attached hydrogen (secondary N) is 1. The van der Waals surface area contributed by atoms with Crippen LogP contribution < -0.4 is 10.1 Å². The number of rotatable bonds is 8. The molecule has 1 amide bonds. The summed E-state index contributed by atoms with van der Waals surface area (Å²) in [5.41, 5.74) is 2.88. The van der Waals surface area contributed by atoms with Gasteiger partial charge in [-0.2, -0.15) is 0 Å². The van der Waals surface area contributed by atoms with Crippen molar-refractivity contribution in [3.63, 3.8) is 0 Å². The first kappa shape index (κ1) is 21.4. The van der Waals surface area contributed by atoms with Crippen molar-refractivity contribution in [2.75, 3.05) is 0 Å². The molecular formula is C27H25FN2O2. The van der Waals surface area contributed by atoms with E-state index in [-0.39, 0.29) is 24.4 Å². The van der Waals surface area contributed by atoms with Crippen molar-refractivity contribution < 1.29 is 13.9 Å². The highest BCUT2D eigenvalue weighted by Gasteiger charge is 2.19. The average Bonchev–Trinajstić information content (AvgIpc) is 3.19.